The molecule has 0 fully saturated rings. The van der Waals surface area contributed by atoms with Crippen LogP contribution in [0.1, 0.15) is 12.8 Å². The van der Waals surface area contributed by atoms with Gasteiger partial charge in [-0.25, -0.2) is 0 Å². The molecule has 110 valence electrons. The van der Waals surface area contributed by atoms with Crippen LogP contribution in [0.3, 0.4) is 0 Å². The van der Waals surface area contributed by atoms with Gasteiger partial charge in [0, 0.05) is 20.8 Å². The zero-order valence-corrected chi connectivity index (χ0v) is 11.5. The monoisotopic (exact) mass is 265 g/mol. The first kappa shape index (κ1) is 17.8. The first-order chi connectivity index (χ1) is 8.81. The van der Waals surface area contributed by atoms with Crippen molar-refractivity contribution in [2.45, 2.75) is 19.1 Å². The summed E-state index contributed by atoms with van der Waals surface area (Å²) in [5.41, 5.74) is 0. The van der Waals surface area contributed by atoms with Crippen molar-refractivity contribution in [1.82, 2.24) is 5.32 Å². The Morgan fingerprint density at radius 3 is 2.28 bits per heavy atom. The lowest BCUT2D eigenvalue weighted by Gasteiger charge is -2.09. The van der Waals surface area contributed by atoms with Gasteiger partial charge in [0.25, 0.3) is 0 Å². The lowest BCUT2D eigenvalue weighted by molar-refractivity contribution is -0.0789. The van der Waals surface area contributed by atoms with Crippen LogP contribution in [0.4, 0.5) is 0 Å². The molecule has 0 spiro atoms. The summed E-state index contributed by atoms with van der Waals surface area (Å²) < 4.78 is 20.2. The third-order valence-corrected chi connectivity index (χ3v) is 2.30. The van der Waals surface area contributed by atoms with Gasteiger partial charge in [-0.3, -0.25) is 0 Å². The molecule has 0 saturated heterocycles. The molecule has 0 heterocycles. The minimum Gasteiger partial charge on any atom is -0.382 e. The van der Waals surface area contributed by atoms with Gasteiger partial charge in [0.15, 0.2) is 6.29 Å². The van der Waals surface area contributed by atoms with E-state index in [0.717, 1.165) is 19.5 Å². The van der Waals surface area contributed by atoms with Crippen molar-refractivity contribution < 1.29 is 24.1 Å². The Morgan fingerprint density at radius 2 is 1.61 bits per heavy atom. The van der Waals surface area contributed by atoms with E-state index in [1.54, 1.807) is 7.11 Å². The van der Waals surface area contributed by atoms with Crippen molar-refractivity contribution >= 4 is 0 Å². The minimum absolute atomic E-state index is 0.601. The zero-order valence-electron chi connectivity index (χ0n) is 11.5. The molecule has 0 aliphatic rings. The van der Waals surface area contributed by atoms with Crippen molar-refractivity contribution in [1.29, 1.82) is 0 Å². The van der Waals surface area contributed by atoms with E-state index in [1.165, 1.54) is 7.11 Å². The summed E-state index contributed by atoms with van der Waals surface area (Å²) in [5, 5.41) is 12.3. The van der Waals surface area contributed by atoms with E-state index in [4.69, 9.17) is 24.1 Å². The van der Waals surface area contributed by atoms with Gasteiger partial charge in [-0.15, -0.1) is 0 Å². The predicted octanol–water partition coefficient (Wildman–Crippen LogP) is 0.000600. The summed E-state index contributed by atoms with van der Waals surface area (Å²) in [6.45, 7) is 4.77. The lowest BCUT2D eigenvalue weighted by Crippen LogP contribution is -2.23. The Hall–Kier alpha value is -0.240. The molecule has 1 atom stereocenters. The summed E-state index contributed by atoms with van der Waals surface area (Å²) in [4.78, 5) is 0. The summed E-state index contributed by atoms with van der Waals surface area (Å²) in [6.07, 6.45) is 0.889. The topological polar surface area (TPSA) is 69.2 Å². The number of nitrogens with one attached hydrogen (secondary N) is 1. The first-order valence-corrected chi connectivity index (χ1v) is 6.37. The molecular formula is C12H27NO5. The van der Waals surface area contributed by atoms with Crippen LogP contribution in [-0.2, 0) is 18.9 Å². The molecule has 0 aromatic heterocycles. The maximum Gasteiger partial charge on any atom is 0.154 e. The molecule has 6 nitrogen and oxygen atoms in total. The van der Waals surface area contributed by atoms with E-state index in [9.17, 15) is 0 Å². The van der Waals surface area contributed by atoms with Crippen LogP contribution in [0.25, 0.3) is 0 Å². The Labute approximate surface area is 110 Å². The highest BCUT2D eigenvalue weighted by Crippen LogP contribution is 1.95. The molecule has 0 aliphatic carbocycles. The standard InChI is InChI=1S/C12H27NO5/c1-15-8-9-18-11-10-17-7-6-13-5-3-4-12(14)16-2/h12-14H,3-11H2,1-2H3. The fraction of sp³-hybridized carbons (Fsp3) is 1.00. The Kier molecular flexibility index (Phi) is 14.6. The molecule has 0 aromatic rings. The quantitative estimate of drug-likeness (QED) is 0.340. The number of methoxy groups -OCH3 is 2. The highest BCUT2D eigenvalue weighted by molar-refractivity contribution is 4.49. The van der Waals surface area contributed by atoms with Crippen molar-refractivity contribution in [3.05, 3.63) is 0 Å². The number of ether oxygens (including phenoxy) is 4. The molecule has 0 radical (unpaired) electrons. The van der Waals surface area contributed by atoms with Crippen molar-refractivity contribution in [2.24, 2.45) is 0 Å². The van der Waals surface area contributed by atoms with Gasteiger partial charge >= 0.3 is 0 Å². The van der Waals surface area contributed by atoms with Crippen LogP contribution in [-0.4, -0.2) is 71.7 Å². The first-order valence-electron chi connectivity index (χ1n) is 6.37. The molecule has 6 heteroatoms. The molecule has 0 saturated carbocycles. The van der Waals surface area contributed by atoms with Crippen molar-refractivity contribution in [3.8, 4) is 0 Å². The lowest BCUT2D eigenvalue weighted by atomic mass is 10.3. The van der Waals surface area contributed by atoms with Gasteiger partial charge in [-0.05, 0) is 19.4 Å². The fourth-order valence-corrected chi connectivity index (χ4v) is 1.25. The Balaban J connectivity index is 2.94. The number of hydrogen-bond donors (Lipinski definition) is 2. The molecule has 0 bridgehead atoms. The third kappa shape index (κ3) is 13.8. The van der Waals surface area contributed by atoms with E-state index in [1.807, 2.05) is 0 Å². The van der Waals surface area contributed by atoms with E-state index in [2.05, 4.69) is 5.32 Å². The van der Waals surface area contributed by atoms with Gasteiger partial charge in [-0.1, -0.05) is 0 Å². The number of aliphatic hydroxyl groups is 1. The van der Waals surface area contributed by atoms with Crippen molar-refractivity contribution in [3.63, 3.8) is 0 Å². The molecular weight excluding hydrogens is 238 g/mol. The van der Waals surface area contributed by atoms with Crippen molar-refractivity contribution in [2.75, 3.05) is 60.3 Å². The summed E-state index contributed by atoms with van der Waals surface area (Å²) in [5.74, 6) is 0. The van der Waals surface area contributed by atoms with Crippen LogP contribution in [0.15, 0.2) is 0 Å². The average Bonchev–Trinajstić information content (AvgIpc) is 2.39. The molecule has 0 aliphatic heterocycles. The van der Waals surface area contributed by atoms with E-state index in [0.29, 0.717) is 39.5 Å². The normalized spacial score (nSPS) is 12.8. The third-order valence-electron chi connectivity index (χ3n) is 2.30. The molecule has 1 unspecified atom stereocenters. The predicted molar refractivity (Wildman–Crippen MR) is 68.6 cm³/mol. The molecule has 0 rings (SSSR count). The minimum atomic E-state index is -0.646. The SMILES string of the molecule is COCCOCCOCCNCCCC(O)OC. The van der Waals surface area contributed by atoms with Gasteiger partial charge in [0.05, 0.1) is 33.0 Å². The molecule has 2 N–H and O–H groups in total. The maximum atomic E-state index is 9.12. The summed E-state index contributed by atoms with van der Waals surface area (Å²) in [6, 6.07) is 0. The summed E-state index contributed by atoms with van der Waals surface area (Å²) >= 11 is 0. The van der Waals surface area contributed by atoms with Gasteiger partial charge in [0.2, 0.25) is 0 Å². The second-order valence-corrected chi connectivity index (χ2v) is 3.80. The molecule has 18 heavy (non-hydrogen) atoms. The van der Waals surface area contributed by atoms with Gasteiger partial charge in [0.1, 0.15) is 0 Å². The van der Waals surface area contributed by atoms with Crippen LogP contribution >= 0.6 is 0 Å². The van der Waals surface area contributed by atoms with E-state index in [-0.39, 0.29) is 0 Å². The number of hydrogen-bond acceptors (Lipinski definition) is 6. The fourth-order valence-electron chi connectivity index (χ4n) is 1.25. The zero-order chi connectivity index (χ0) is 13.5. The summed E-state index contributed by atoms with van der Waals surface area (Å²) in [7, 11) is 3.15. The number of aliphatic hydroxyl groups excluding tert-OH is 1. The number of rotatable bonds is 14. The Bertz CT molecular complexity index is 159. The van der Waals surface area contributed by atoms with Crippen LogP contribution in [0, 0.1) is 0 Å². The largest absolute Gasteiger partial charge is 0.382 e. The van der Waals surface area contributed by atoms with E-state index < -0.39 is 6.29 Å². The highest BCUT2D eigenvalue weighted by Gasteiger charge is 1.99. The van der Waals surface area contributed by atoms with Crippen LogP contribution < -0.4 is 5.32 Å². The second-order valence-electron chi connectivity index (χ2n) is 3.80. The second kappa shape index (κ2) is 14.8. The average molecular weight is 265 g/mol. The maximum absolute atomic E-state index is 9.12. The van der Waals surface area contributed by atoms with Crippen LogP contribution in [0.2, 0.25) is 0 Å². The van der Waals surface area contributed by atoms with Gasteiger partial charge < -0.3 is 29.4 Å². The van der Waals surface area contributed by atoms with Crippen LogP contribution in [0.5, 0.6) is 0 Å². The van der Waals surface area contributed by atoms with Gasteiger partial charge in [-0.2, -0.15) is 0 Å². The smallest absolute Gasteiger partial charge is 0.154 e. The van der Waals surface area contributed by atoms with E-state index >= 15 is 0 Å². The molecule has 0 amide bonds. The molecule has 0 aromatic carbocycles. The highest BCUT2D eigenvalue weighted by atomic mass is 16.6. The Morgan fingerprint density at radius 1 is 0.944 bits per heavy atom.